The van der Waals surface area contributed by atoms with Gasteiger partial charge in [-0.3, -0.25) is 4.79 Å². The van der Waals surface area contributed by atoms with Crippen molar-refractivity contribution < 1.29 is 14.3 Å². The first-order chi connectivity index (χ1) is 15.5. The van der Waals surface area contributed by atoms with Gasteiger partial charge < -0.3 is 14.5 Å². The van der Waals surface area contributed by atoms with Crippen molar-refractivity contribution in [1.29, 1.82) is 0 Å². The predicted molar refractivity (Wildman–Crippen MR) is 125 cm³/mol. The van der Waals surface area contributed by atoms with E-state index in [-0.39, 0.29) is 12.0 Å². The largest absolute Gasteiger partial charge is 0.493 e. The summed E-state index contributed by atoms with van der Waals surface area (Å²) in [6.45, 7) is 3.89. The molecule has 0 aliphatic rings. The highest BCUT2D eigenvalue weighted by molar-refractivity contribution is 5.98. The summed E-state index contributed by atoms with van der Waals surface area (Å²) in [5.74, 6) is 1.71. The molecule has 3 aromatic carbocycles. The lowest BCUT2D eigenvalue weighted by Gasteiger charge is -2.13. The number of hydrogen-bond donors (Lipinski definition) is 2. The molecule has 32 heavy (non-hydrogen) atoms. The number of nitrogens with zero attached hydrogens (tertiary/aromatic N) is 2. The monoisotopic (exact) mass is 428 g/mol. The third-order valence-corrected chi connectivity index (χ3v) is 4.72. The third-order valence-electron chi connectivity index (χ3n) is 4.72. The highest BCUT2D eigenvalue weighted by Gasteiger charge is 2.10. The van der Waals surface area contributed by atoms with Crippen LogP contribution >= 0.6 is 0 Å². The number of amides is 1. The van der Waals surface area contributed by atoms with Crippen molar-refractivity contribution in [3.8, 4) is 22.9 Å². The Morgan fingerprint density at radius 1 is 1.06 bits per heavy atom. The van der Waals surface area contributed by atoms with Crippen LogP contribution in [0.2, 0.25) is 0 Å². The van der Waals surface area contributed by atoms with E-state index in [4.69, 9.17) is 9.47 Å². The molecule has 0 saturated carbocycles. The quantitative estimate of drug-likeness (QED) is 0.327. The Morgan fingerprint density at radius 3 is 2.62 bits per heavy atom. The van der Waals surface area contributed by atoms with Gasteiger partial charge in [0.1, 0.15) is 5.82 Å². The molecule has 0 aliphatic carbocycles. The lowest BCUT2D eigenvalue weighted by molar-refractivity contribution is 0.0955. The van der Waals surface area contributed by atoms with Gasteiger partial charge in [0.15, 0.2) is 11.5 Å². The minimum atomic E-state index is -0.314. The third kappa shape index (κ3) is 4.78. The number of aromatic nitrogens is 2. The molecule has 0 atom stereocenters. The van der Waals surface area contributed by atoms with Crippen LogP contribution in [0.3, 0.4) is 0 Å². The number of hydrogen-bond acceptors (Lipinski definition) is 5. The number of H-pyrrole nitrogens is 1. The molecule has 7 heteroatoms. The minimum Gasteiger partial charge on any atom is -0.493 e. The smallest absolute Gasteiger partial charge is 0.271 e. The molecule has 2 N–H and O–H groups in total. The zero-order valence-corrected chi connectivity index (χ0v) is 18.1. The fourth-order valence-corrected chi connectivity index (χ4v) is 3.23. The SMILES string of the molecule is COc1ccc(/C=N/NC(=O)c2ccc3nc(-c4ccccc4)[nH]c3c2)cc1OC(C)C. The van der Waals surface area contributed by atoms with Gasteiger partial charge in [0, 0.05) is 11.1 Å². The number of fused-ring (bicyclic) bond motifs is 1. The van der Waals surface area contributed by atoms with E-state index < -0.39 is 0 Å². The van der Waals surface area contributed by atoms with Gasteiger partial charge in [-0.1, -0.05) is 30.3 Å². The van der Waals surface area contributed by atoms with Crippen molar-refractivity contribution >= 4 is 23.2 Å². The van der Waals surface area contributed by atoms with E-state index in [0.29, 0.717) is 17.1 Å². The molecular weight excluding hydrogens is 404 g/mol. The van der Waals surface area contributed by atoms with Gasteiger partial charge in [-0.05, 0) is 55.8 Å². The van der Waals surface area contributed by atoms with Gasteiger partial charge in [-0.2, -0.15) is 5.10 Å². The molecule has 0 radical (unpaired) electrons. The number of methoxy groups -OCH3 is 1. The molecule has 0 bridgehead atoms. The Morgan fingerprint density at radius 2 is 1.88 bits per heavy atom. The summed E-state index contributed by atoms with van der Waals surface area (Å²) in [5.41, 5.74) is 6.38. The van der Waals surface area contributed by atoms with Crippen LogP contribution in [0.15, 0.2) is 71.8 Å². The molecule has 162 valence electrons. The Kier molecular flexibility index (Phi) is 6.17. The molecule has 0 saturated heterocycles. The summed E-state index contributed by atoms with van der Waals surface area (Å²) in [4.78, 5) is 20.4. The van der Waals surface area contributed by atoms with E-state index in [1.54, 1.807) is 31.5 Å². The summed E-state index contributed by atoms with van der Waals surface area (Å²) in [7, 11) is 1.59. The number of carbonyl (C=O) groups excluding carboxylic acids is 1. The van der Waals surface area contributed by atoms with Gasteiger partial charge in [-0.25, -0.2) is 10.4 Å². The highest BCUT2D eigenvalue weighted by atomic mass is 16.5. The van der Waals surface area contributed by atoms with Gasteiger partial charge in [0.05, 0.1) is 30.5 Å². The number of aromatic amines is 1. The van der Waals surface area contributed by atoms with E-state index in [2.05, 4.69) is 20.5 Å². The van der Waals surface area contributed by atoms with Crippen molar-refractivity contribution in [1.82, 2.24) is 15.4 Å². The summed E-state index contributed by atoms with van der Waals surface area (Å²) >= 11 is 0. The van der Waals surface area contributed by atoms with Crippen molar-refractivity contribution in [2.24, 2.45) is 5.10 Å². The normalized spacial score (nSPS) is 11.2. The molecule has 1 amide bonds. The number of rotatable bonds is 7. The Hall–Kier alpha value is -4.13. The van der Waals surface area contributed by atoms with Crippen LogP contribution in [0, 0.1) is 0 Å². The number of imidazole rings is 1. The van der Waals surface area contributed by atoms with Crippen LogP contribution in [0.1, 0.15) is 29.8 Å². The second-order valence-electron chi connectivity index (χ2n) is 7.46. The summed E-state index contributed by atoms with van der Waals surface area (Å²) < 4.78 is 11.1. The summed E-state index contributed by atoms with van der Waals surface area (Å²) in [6.07, 6.45) is 1.57. The minimum absolute atomic E-state index is 0.00981. The Labute approximate surface area is 186 Å². The number of ether oxygens (including phenoxy) is 2. The Bertz CT molecular complexity index is 1260. The number of benzene rings is 3. The lowest BCUT2D eigenvalue weighted by Crippen LogP contribution is -2.17. The molecule has 0 unspecified atom stereocenters. The second-order valence-corrected chi connectivity index (χ2v) is 7.46. The fourth-order valence-electron chi connectivity index (χ4n) is 3.23. The lowest BCUT2D eigenvalue weighted by atomic mass is 10.2. The van der Waals surface area contributed by atoms with Crippen LogP contribution in [0.25, 0.3) is 22.4 Å². The van der Waals surface area contributed by atoms with Crippen LogP contribution in [0.4, 0.5) is 0 Å². The molecule has 1 heterocycles. The van der Waals surface area contributed by atoms with Crippen molar-refractivity contribution in [2.45, 2.75) is 20.0 Å². The van der Waals surface area contributed by atoms with E-state index in [9.17, 15) is 4.79 Å². The maximum Gasteiger partial charge on any atom is 0.271 e. The Balaban J connectivity index is 1.47. The zero-order valence-electron chi connectivity index (χ0n) is 18.1. The first kappa shape index (κ1) is 21.1. The van der Waals surface area contributed by atoms with Crippen molar-refractivity contribution in [3.63, 3.8) is 0 Å². The highest BCUT2D eigenvalue weighted by Crippen LogP contribution is 2.28. The standard InChI is InChI=1S/C25H24N4O3/c1-16(2)32-23-13-17(9-12-22(23)31-3)15-26-29-25(30)19-10-11-20-21(14-19)28-24(27-20)18-7-5-4-6-8-18/h4-16H,1-3H3,(H,27,28)(H,29,30)/b26-15+. The average Bonchev–Trinajstić information content (AvgIpc) is 3.23. The van der Waals surface area contributed by atoms with Gasteiger partial charge in [0.25, 0.3) is 5.91 Å². The van der Waals surface area contributed by atoms with E-state index >= 15 is 0 Å². The average molecular weight is 428 g/mol. The first-order valence-electron chi connectivity index (χ1n) is 10.3. The number of hydrazone groups is 1. The summed E-state index contributed by atoms with van der Waals surface area (Å²) in [6, 6.07) is 20.6. The number of nitrogens with one attached hydrogen (secondary N) is 2. The van der Waals surface area contributed by atoms with E-state index in [0.717, 1.165) is 28.0 Å². The van der Waals surface area contributed by atoms with Gasteiger partial charge in [0.2, 0.25) is 0 Å². The van der Waals surface area contributed by atoms with Gasteiger partial charge >= 0.3 is 0 Å². The molecular formula is C25H24N4O3. The van der Waals surface area contributed by atoms with E-state index in [1.807, 2.05) is 62.4 Å². The molecule has 1 aromatic heterocycles. The topological polar surface area (TPSA) is 88.6 Å². The molecule has 4 aromatic rings. The second kappa shape index (κ2) is 9.34. The van der Waals surface area contributed by atoms with Crippen molar-refractivity contribution in [3.05, 3.63) is 77.9 Å². The van der Waals surface area contributed by atoms with E-state index in [1.165, 1.54) is 0 Å². The molecule has 0 spiro atoms. The van der Waals surface area contributed by atoms with Crippen LogP contribution in [-0.2, 0) is 0 Å². The van der Waals surface area contributed by atoms with Crippen LogP contribution in [0.5, 0.6) is 11.5 Å². The molecule has 0 fully saturated rings. The van der Waals surface area contributed by atoms with Gasteiger partial charge in [-0.15, -0.1) is 0 Å². The molecule has 0 aliphatic heterocycles. The fraction of sp³-hybridized carbons (Fsp3) is 0.160. The molecule has 4 rings (SSSR count). The maximum absolute atomic E-state index is 12.6. The zero-order chi connectivity index (χ0) is 22.5. The van der Waals surface area contributed by atoms with Crippen LogP contribution in [-0.4, -0.2) is 35.3 Å². The molecule has 7 nitrogen and oxygen atoms in total. The van der Waals surface area contributed by atoms with Crippen molar-refractivity contribution in [2.75, 3.05) is 7.11 Å². The first-order valence-corrected chi connectivity index (χ1v) is 10.3. The maximum atomic E-state index is 12.6. The summed E-state index contributed by atoms with van der Waals surface area (Å²) in [5, 5.41) is 4.08. The van der Waals surface area contributed by atoms with Crippen LogP contribution < -0.4 is 14.9 Å². The predicted octanol–water partition coefficient (Wildman–Crippen LogP) is 4.79. The number of carbonyl (C=O) groups is 1.